The third kappa shape index (κ3) is 2.98. The van der Waals surface area contributed by atoms with Gasteiger partial charge in [0.25, 0.3) is 0 Å². The Morgan fingerprint density at radius 1 is 1.40 bits per heavy atom. The highest BCUT2D eigenvalue weighted by molar-refractivity contribution is 9.10. The number of rotatable bonds is 5. The SMILES string of the molecule is CCn1nc(C)c([N+](=O)[O-])c1NCc1ccc(Br)cc1. The van der Waals surface area contributed by atoms with E-state index in [4.69, 9.17) is 0 Å². The highest BCUT2D eigenvalue weighted by Crippen LogP contribution is 2.28. The number of hydrogen-bond acceptors (Lipinski definition) is 4. The standard InChI is InChI=1S/C13H15BrN4O2/c1-3-17-13(12(18(19)20)9(2)16-17)15-8-10-4-6-11(14)7-5-10/h4-7,15H,3,8H2,1-2H3. The summed E-state index contributed by atoms with van der Waals surface area (Å²) in [5.41, 5.74) is 1.52. The van der Waals surface area contributed by atoms with Crippen molar-refractivity contribution in [2.24, 2.45) is 0 Å². The minimum atomic E-state index is -0.390. The number of benzene rings is 1. The van der Waals surface area contributed by atoms with E-state index >= 15 is 0 Å². The van der Waals surface area contributed by atoms with Gasteiger partial charge in [-0.25, -0.2) is 4.68 Å². The van der Waals surface area contributed by atoms with Crippen molar-refractivity contribution < 1.29 is 4.92 Å². The lowest BCUT2D eigenvalue weighted by molar-refractivity contribution is -0.384. The van der Waals surface area contributed by atoms with Crippen molar-refractivity contribution in [3.05, 3.63) is 50.1 Å². The minimum Gasteiger partial charge on any atom is -0.360 e. The molecule has 106 valence electrons. The summed E-state index contributed by atoms with van der Waals surface area (Å²) in [5, 5.41) is 18.4. The first-order valence-corrected chi connectivity index (χ1v) is 7.02. The number of halogens is 1. The van der Waals surface area contributed by atoms with E-state index in [-0.39, 0.29) is 5.69 Å². The van der Waals surface area contributed by atoms with Crippen molar-refractivity contribution in [3.8, 4) is 0 Å². The molecule has 20 heavy (non-hydrogen) atoms. The zero-order valence-electron chi connectivity index (χ0n) is 11.3. The summed E-state index contributed by atoms with van der Waals surface area (Å²) in [7, 11) is 0. The van der Waals surface area contributed by atoms with Gasteiger partial charge in [-0.3, -0.25) is 10.1 Å². The van der Waals surface area contributed by atoms with Gasteiger partial charge < -0.3 is 5.32 Å². The zero-order chi connectivity index (χ0) is 14.7. The molecule has 1 N–H and O–H groups in total. The predicted molar refractivity (Wildman–Crippen MR) is 80.8 cm³/mol. The van der Waals surface area contributed by atoms with E-state index in [1.807, 2.05) is 31.2 Å². The number of anilines is 1. The molecule has 0 radical (unpaired) electrons. The van der Waals surface area contributed by atoms with Crippen LogP contribution < -0.4 is 5.32 Å². The van der Waals surface area contributed by atoms with Crippen LogP contribution in [-0.4, -0.2) is 14.7 Å². The molecule has 0 saturated heterocycles. The van der Waals surface area contributed by atoms with Crippen LogP contribution in [0.3, 0.4) is 0 Å². The summed E-state index contributed by atoms with van der Waals surface area (Å²) in [6, 6.07) is 7.80. The molecule has 0 saturated carbocycles. The van der Waals surface area contributed by atoms with Crippen molar-refractivity contribution >= 4 is 27.4 Å². The van der Waals surface area contributed by atoms with E-state index in [9.17, 15) is 10.1 Å². The number of nitrogens with zero attached hydrogens (tertiary/aromatic N) is 3. The number of nitro groups is 1. The van der Waals surface area contributed by atoms with Crippen molar-refractivity contribution in [2.75, 3.05) is 5.32 Å². The van der Waals surface area contributed by atoms with E-state index in [1.54, 1.807) is 11.6 Å². The zero-order valence-corrected chi connectivity index (χ0v) is 12.8. The Balaban J connectivity index is 2.24. The van der Waals surface area contributed by atoms with Crippen LogP contribution in [0.15, 0.2) is 28.7 Å². The Morgan fingerprint density at radius 2 is 2.05 bits per heavy atom. The Kier molecular flexibility index (Phi) is 4.39. The van der Waals surface area contributed by atoms with E-state index in [0.717, 1.165) is 10.0 Å². The van der Waals surface area contributed by atoms with Gasteiger partial charge >= 0.3 is 5.69 Å². The van der Waals surface area contributed by atoms with Gasteiger partial charge in [0, 0.05) is 17.6 Å². The molecule has 0 aliphatic rings. The normalized spacial score (nSPS) is 10.6. The first-order valence-electron chi connectivity index (χ1n) is 6.23. The molecule has 2 rings (SSSR count). The molecule has 1 aromatic carbocycles. The van der Waals surface area contributed by atoms with E-state index in [0.29, 0.717) is 24.6 Å². The summed E-state index contributed by atoms with van der Waals surface area (Å²) in [6.45, 7) is 4.65. The van der Waals surface area contributed by atoms with Crippen LogP contribution >= 0.6 is 15.9 Å². The van der Waals surface area contributed by atoms with Crippen LogP contribution in [0, 0.1) is 17.0 Å². The maximum atomic E-state index is 11.1. The van der Waals surface area contributed by atoms with Crippen molar-refractivity contribution in [2.45, 2.75) is 26.9 Å². The molecular weight excluding hydrogens is 324 g/mol. The number of aryl methyl sites for hydroxylation is 2. The van der Waals surface area contributed by atoms with Crippen molar-refractivity contribution in [1.29, 1.82) is 0 Å². The highest BCUT2D eigenvalue weighted by atomic mass is 79.9. The molecule has 0 amide bonds. The molecule has 0 unspecified atom stereocenters. The molecule has 0 bridgehead atoms. The first-order chi connectivity index (χ1) is 9.52. The van der Waals surface area contributed by atoms with E-state index in [2.05, 4.69) is 26.3 Å². The highest BCUT2D eigenvalue weighted by Gasteiger charge is 2.24. The van der Waals surface area contributed by atoms with Gasteiger partial charge in [-0.05, 0) is 31.5 Å². The molecule has 1 aromatic heterocycles. The fourth-order valence-electron chi connectivity index (χ4n) is 1.98. The second-order valence-corrected chi connectivity index (χ2v) is 5.25. The monoisotopic (exact) mass is 338 g/mol. The molecule has 0 atom stereocenters. The third-order valence-corrected chi connectivity index (χ3v) is 3.48. The topological polar surface area (TPSA) is 73.0 Å². The van der Waals surface area contributed by atoms with Crippen LogP contribution in [0.5, 0.6) is 0 Å². The lowest BCUT2D eigenvalue weighted by Crippen LogP contribution is -2.08. The third-order valence-electron chi connectivity index (χ3n) is 2.95. The number of aromatic nitrogens is 2. The lowest BCUT2D eigenvalue weighted by Gasteiger charge is -2.08. The molecule has 0 aliphatic heterocycles. The summed E-state index contributed by atoms with van der Waals surface area (Å²) in [5.74, 6) is 0.456. The quantitative estimate of drug-likeness (QED) is 0.668. The summed E-state index contributed by atoms with van der Waals surface area (Å²) in [6.07, 6.45) is 0. The Bertz CT molecular complexity index is 622. The van der Waals surface area contributed by atoms with Crippen LogP contribution in [0.4, 0.5) is 11.5 Å². The van der Waals surface area contributed by atoms with Gasteiger partial charge in [-0.2, -0.15) is 5.10 Å². The van der Waals surface area contributed by atoms with Gasteiger partial charge in [0.05, 0.1) is 4.92 Å². The second-order valence-electron chi connectivity index (χ2n) is 4.34. The number of hydrogen-bond donors (Lipinski definition) is 1. The maximum absolute atomic E-state index is 11.1. The minimum absolute atomic E-state index is 0.0453. The molecular formula is C13H15BrN4O2. The van der Waals surface area contributed by atoms with Gasteiger partial charge in [-0.15, -0.1) is 0 Å². The molecule has 0 fully saturated rings. The summed E-state index contributed by atoms with van der Waals surface area (Å²) >= 11 is 3.37. The molecule has 7 heteroatoms. The molecule has 1 heterocycles. The second kappa shape index (κ2) is 6.04. The van der Waals surface area contributed by atoms with Crippen LogP contribution in [0.2, 0.25) is 0 Å². The smallest absolute Gasteiger partial charge is 0.333 e. The van der Waals surface area contributed by atoms with Crippen LogP contribution in [-0.2, 0) is 13.1 Å². The largest absolute Gasteiger partial charge is 0.360 e. The summed E-state index contributed by atoms with van der Waals surface area (Å²) < 4.78 is 2.62. The fourth-order valence-corrected chi connectivity index (χ4v) is 2.25. The Labute approximate surface area is 125 Å². The van der Waals surface area contributed by atoms with Crippen LogP contribution in [0.1, 0.15) is 18.2 Å². The van der Waals surface area contributed by atoms with E-state index < -0.39 is 4.92 Å². The summed E-state index contributed by atoms with van der Waals surface area (Å²) in [4.78, 5) is 10.7. The average molecular weight is 339 g/mol. The predicted octanol–water partition coefficient (Wildman–Crippen LogP) is 3.49. The first kappa shape index (κ1) is 14.5. The lowest BCUT2D eigenvalue weighted by atomic mass is 10.2. The molecule has 6 nitrogen and oxygen atoms in total. The molecule has 0 spiro atoms. The van der Waals surface area contributed by atoms with E-state index in [1.165, 1.54) is 0 Å². The van der Waals surface area contributed by atoms with Crippen LogP contribution in [0.25, 0.3) is 0 Å². The number of nitrogens with one attached hydrogen (secondary N) is 1. The van der Waals surface area contributed by atoms with Crippen molar-refractivity contribution in [1.82, 2.24) is 9.78 Å². The molecule has 2 aromatic rings. The Morgan fingerprint density at radius 3 is 2.60 bits per heavy atom. The van der Waals surface area contributed by atoms with Gasteiger partial charge in [0.15, 0.2) is 0 Å². The van der Waals surface area contributed by atoms with Crippen molar-refractivity contribution in [3.63, 3.8) is 0 Å². The van der Waals surface area contributed by atoms with Gasteiger partial charge in [0.2, 0.25) is 5.82 Å². The fraction of sp³-hybridized carbons (Fsp3) is 0.308. The Hall–Kier alpha value is -1.89. The molecule has 0 aliphatic carbocycles. The maximum Gasteiger partial charge on any atom is 0.333 e. The average Bonchev–Trinajstić information content (AvgIpc) is 2.74. The van der Waals surface area contributed by atoms with Gasteiger partial charge in [0.1, 0.15) is 5.69 Å². The van der Waals surface area contributed by atoms with Gasteiger partial charge in [-0.1, -0.05) is 28.1 Å².